The number of piperazine rings is 1. The summed E-state index contributed by atoms with van der Waals surface area (Å²) in [5.74, 6) is -1.05. The van der Waals surface area contributed by atoms with Crippen LogP contribution in [0.5, 0.6) is 0 Å². The number of nitrogens with one attached hydrogen (secondary N) is 1. The van der Waals surface area contributed by atoms with Gasteiger partial charge in [-0.25, -0.2) is 8.42 Å². The Hall–Kier alpha value is -1.93. The van der Waals surface area contributed by atoms with Crippen LogP contribution < -0.4 is 11.1 Å². The fraction of sp³-hybridized carbons (Fsp3) is 0.273. The molecule has 1 aliphatic rings. The Kier molecular flexibility index (Phi) is 3.54. The van der Waals surface area contributed by atoms with Crippen LogP contribution in [0.1, 0.15) is 10.4 Å². The minimum atomic E-state index is -3.79. The fourth-order valence-corrected chi connectivity index (χ4v) is 3.22. The van der Waals surface area contributed by atoms with E-state index in [1.807, 2.05) is 0 Å². The Morgan fingerprint density at radius 2 is 2.11 bits per heavy atom. The van der Waals surface area contributed by atoms with Crippen molar-refractivity contribution in [1.29, 1.82) is 0 Å². The molecule has 0 aliphatic carbocycles. The summed E-state index contributed by atoms with van der Waals surface area (Å²) in [6.45, 7) is 0.256. The average molecular weight is 283 g/mol. The van der Waals surface area contributed by atoms with E-state index in [1.165, 1.54) is 24.3 Å². The molecule has 3 N–H and O–H groups in total. The first-order valence-electron chi connectivity index (χ1n) is 5.58. The molecule has 0 spiro atoms. The Morgan fingerprint density at radius 3 is 2.74 bits per heavy atom. The lowest BCUT2D eigenvalue weighted by Gasteiger charge is -2.25. The second-order valence-corrected chi connectivity index (χ2v) is 6.02. The molecule has 0 atom stereocenters. The number of benzene rings is 1. The molecule has 1 fully saturated rings. The molecule has 0 radical (unpaired) electrons. The third-order valence-corrected chi connectivity index (χ3v) is 4.60. The molecule has 0 unspecified atom stereocenters. The molecule has 1 aromatic rings. The highest BCUT2D eigenvalue weighted by atomic mass is 32.2. The molecule has 0 bridgehead atoms. The molecule has 2 amide bonds. The van der Waals surface area contributed by atoms with Crippen LogP contribution in [0.25, 0.3) is 0 Å². The van der Waals surface area contributed by atoms with Gasteiger partial charge in [-0.2, -0.15) is 4.31 Å². The van der Waals surface area contributed by atoms with Crippen molar-refractivity contribution >= 4 is 21.8 Å². The normalized spacial score (nSPS) is 16.9. The number of amides is 2. The van der Waals surface area contributed by atoms with Crippen molar-refractivity contribution in [2.75, 3.05) is 19.6 Å². The highest BCUT2D eigenvalue weighted by Gasteiger charge is 2.29. The van der Waals surface area contributed by atoms with Gasteiger partial charge in [-0.15, -0.1) is 0 Å². The number of carbonyl (C=O) groups is 2. The predicted molar refractivity (Wildman–Crippen MR) is 66.7 cm³/mol. The lowest BCUT2D eigenvalue weighted by Crippen LogP contribution is -2.49. The van der Waals surface area contributed by atoms with Gasteiger partial charge in [-0.05, 0) is 18.2 Å². The van der Waals surface area contributed by atoms with Gasteiger partial charge >= 0.3 is 0 Å². The average Bonchev–Trinajstić information content (AvgIpc) is 2.39. The Morgan fingerprint density at radius 1 is 1.37 bits per heavy atom. The molecule has 1 aliphatic heterocycles. The first kappa shape index (κ1) is 13.5. The zero-order chi connectivity index (χ0) is 14.0. The first-order chi connectivity index (χ1) is 8.91. The molecule has 1 aromatic carbocycles. The van der Waals surface area contributed by atoms with Gasteiger partial charge in [-0.1, -0.05) is 6.07 Å². The van der Waals surface area contributed by atoms with Crippen molar-refractivity contribution in [3.05, 3.63) is 29.8 Å². The zero-order valence-electron chi connectivity index (χ0n) is 10.00. The van der Waals surface area contributed by atoms with Gasteiger partial charge < -0.3 is 11.1 Å². The summed E-state index contributed by atoms with van der Waals surface area (Å²) in [5.41, 5.74) is 5.23. The van der Waals surface area contributed by atoms with Crippen LogP contribution in [0, 0.1) is 0 Å². The molecule has 2 rings (SSSR count). The SMILES string of the molecule is NC(=O)c1cccc(S(=O)(=O)N2CCNC(=O)C2)c1. The smallest absolute Gasteiger partial charge is 0.248 e. The lowest BCUT2D eigenvalue weighted by atomic mass is 10.2. The van der Waals surface area contributed by atoms with Crippen LogP contribution >= 0.6 is 0 Å². The topological polar surface area (TPSA) is 110 Å². The number of hydrogen-bond donors (Lipinski definition) is 2. The molecule has 1 saturated heterocycles. The standard InChI is InChI=1S/C11H13N3O4S/c12-11(16)8-2-1-3-9(6-8)19(17,18)14-5-4-13-10(15)7-14/h1-3,6H,4-5,7H2,(H2,12,16)(H,13,15). The van der Waals surface area contributed by atoms with E-state index in [1.54, 1.807) is 0 Å². The van der Waals surface area contributed by atoms with Gasteiger partial charge in [0, 0.05) is 18.7 Å². The van der Waals surface area contributed by atoms with Crippen LogP contribution in [-0.4, -0.2) is 44.2 Å². The summed E-state index contributed by atoms with van der Waals surface area (Å²) in [6, 6.07) is 5.46. The van der Waals surface area contributed by atoms with E-state index in [4.69, 9.17) is 5.73 Å². The number of sulfonamides is 1. The largest absolute Gasteiger partial charge is 0.366 e. The fourth-order valence-electron chi connectivity index (χ4n) is 1.78. The monoisotopic (exact) mass is 283 g/mol. The maximum atomic E-state index is 12.3. The van der Waals surface area contributed by atoms with Gasteiger partial charge in [-0.3, -0.25) is 9.59 Å². The van der Waals surface area contributed by atoms with Crippen molar-refractivity contribution in [3.63, 3.8) is 0 Å². The number of primary amides is 1. The molecule has 7 nitrogen and oxygen atoms in total. The number of nitrogens with zero attached hydrogens (tertiary/aromatic N) is 1. The van der Waals surface area contributed by atoms with E-state index in [9.17, 15) is 18.0 Å². The Bertz CT molecular complexity index is 627. The minimum Gasteiger partial charge on any atom is -0.366 e. The summed E-state index contributed by atoms with van der Waals surface area (Å²) in [6.07, 6.45) is 0. The van der Waals surface area contributed by atoms with Gasteiger partial charge in [0.05, 0.1) is 11.4 Å². The first-order valence-corrected chi connectivity index (χ1v) is 7.02. The molecule has 102 valence electrons. The van der Waals surface area contributed by atoms with Crippen molar-refractivity contribution in [2.24, 2.45) is 5.73 Å². The predicted octanol–water partition coefficient (Wildman–Crippen LogP) is -1.09. The summed E-state index contributed by atoms with van der Waals surface area (Å²) in [4.78, 5) is 22.3. The van der Waals surface area contributed by atoms with Crippen LogP contribution in [0.15, 0.2) is 29.2 Å². The molecular weight excluding hydrogens is 270 g/mol. The van der Waals surface area contributed by atoms with Crippen LogP contribution in [0.2, 0.25) is 0 Å². The third kappa shape index (κ3) is 2.74. The maximum absolute atomic E-state index is 12.3. The molecule has 0 saturated carbocycles. The van der Waals surface area contributed by atoms with E-state index in [0.29, 0.717) is 0 Å². The van der Waals surface area contributed by atoms with Gasteiger partial charge in [0.2, 0.25) is 21.8 Å². The minimum absolute atomic E-state index is 0.0431. The molecule has 8 heteroatoms. The van der Waals surface area contributed by atoms with E-state index < -0.39 is 15.9 Å². The van der Waals surface area contributed by atoms with Crippen LogP contribution in [-0.2, 0) is 14.8 Å². The molecular formula is C11H13N3O4S. The number of carbonyl (C=O) groups excluding carboxylic acids is 2. The van der Waals surface area contributed by atoms with Gasteiger partial charge in [0.15, 0.2) is 0 Å². The summed E-state index contributed by atoms with van der Waals surface area (Å²) < 4.78 is 25.7. The quantitative estimate of drug-likeness (QED) is 0.734. The van der Waals surface area contributed by atoms with Crippen molar-refractivity contribution < 1.29 is 18.0 Å². The second kappa shape index (κ2) is 4.98. The molecule has 0 aromatic heterocycles. The summed E-state index contributed by atoms with van der Waals surface area (Å²) in [7, 11) is -3.79. The maximum Gasteiger partial charge on any atom is 0.248 e. The third-order valence-electron chi connectivity index (χ3n) is 2.76. The highest BCUT2D eigenvalue weighted by Crippen LogP contribution is 2.17. The number of nitrogens with two attached hydrogens (primary N) is 1. The Balaban J connectivity index is 2.36. The summed E-state index contributed by atoms with van der Waals surface area (Å²) in [5, 5.41) is 2.55. The van der Waals surface area contributed by atoms with Crippen molar-refractivity contribution in [2.45, 2.75) is 4.90 Å². The Labute approximate surface area is 110 Å². The van der Waals surface area contributed by atoms with Gasteiger partial charge in [0.25, 0.3) is 0 Å². The molecule has 19 heavy (non-hydrogen) atoms. The van der Waals surface area contributed by atoms with Crippen LogP contribution in [0.3, 0.4) is 0 Å². The van der Waals surface area contributed by atoms with Crippen molar-refractivity contribution in [3.8, 4) is 0 Å². The number of rotatable bonds is 3. The van der Waals surface area contributed by atoms with Crippen molar-refractivity contribution in [1.82, 2.24) is 9.62 Å². The number of hydrogen-bond acceptors (Lipinski definition) is 4. The zero-order valence-corrected chi connectivity index (χ0v) is 10.8. The highest BCUT2D eigenvalue weighted by molar-refractivity contribution is 7.89. The van der Waals surface area contributed by atoms with E-state index in [2.05, 4.69) is 5.32 Å². The van der Waals surface area contributed by atoms with E-state index in [-0.39, 0.29) is 36.0 Å². The van der Waals surface area contributed by atoms with E-state index in [0.717, 1.165) is 4.31 Å². The lowest BCUT2D eigenvalue weighted by molar-refractivity contribution is -0.122. The van der Waals surface area contributed by atoms with E-state index >= 15 is 0 Å². The van der Waals surface area contributed by atoms with Gasteiger partial charge in [0.1, 0.15) is 0 Å². The van der Waals surface area contributed by atoms with Crippen LogP contribution in [0.4, 0.5) is 0 Å². The molecule has 1 heterocycles. The summed E-state index contributed by atoms with van der Waals surface area (Å²) >= 11 is 0. The second-order valence-electron chi connectivity index (χ2n) is 4.08.